The summed E-state index contributed by atoms with van der Waals surface area (Å²) in [7, 11) is 1.55. The van der Waals surface area contributed by atoms with Gasteiger partial charge in [0.1, 0.15) is 48.6 Å². The van der Waals surface area contributed by atoms with Gasteiger partial charge in [-0.25, -0.2) is 4.79 Å². The van der Waals surface area contributed by atoms with Crippen molar-refractivity contribution in [2.45, 2.75) is 101 Å². The summed E-state index contributed by atoms with van der Waals surface area (Å²) >= 11 is 0. The summed E-state index contributed by atoms with van der Waals surface area (Å²) in [5.41, 5.74) is 1.45. The van der Waals surface area contributed by atoms with Gasteiger partial charge in [-0.1, -0.05) is 49.4 Å². The van der Waals surface area contributed by atoms with Gasteiger partial charge in [-0.2, -0.15) is 0 Å². The molecule has 15 heteroatoms. The molecule has 300 valence electrons. The molecule has 0 unspecified atom stereocenters. The number of rotatable bonds is 8. The number of carbonyl (C=O) groups is 7. The summed E-state index contributed by atoms with van der Waals surface area (Å²) in [6, 6.07) is 9.86. The number of nitrogens with zero attached hydrogens (tertiary/aromatic N) is 3. The SMILES string of the molecule is COc1ccc(CC(=O)N[C@@H](Cc2ccccc2)C(=O)N[C@H]2COC(=O)[C@@H]3C[C@@H](C)CN3C(=O)[C@H](C)NC(=O)[C@@H]3CCCCN3C(=O)[C@@H]3CCCN3C2=O)cc1. The van der Waals surface area contributed by atoms with E-state index in [4.69, 9.17) is 9.47 Å². The molecule has 4 aliphatic rings. The molecule has 0 saturated carbocycles. The predicted octanol–water partition coefficient (Wildman–Crippen LogP) is 1.12. The fourth-order valence-corrected chi connectivity index (χ4v) is 8.22. The van der Waals surface area contributed by atoms with E-state index in [1.54, 1.807) is 38.3 Å². The van der Waals surface area contributed by atoms with Crippen molar-refractivity contribution in [1.82, 2.24) is 30.7 Å². The number of esters is 1. The first-order valence-electron chi connectivity index (χ1n) is 19.6. The highest BCUT2D eigenvalue weighted by molar-refractivity contribution is 5.98. The van der Waals surface area contributed by atoms with Gasteiger partial charge in [0.25, 0.3) is 0 Å². The molecular weight excluding hydrogens is 720 g/mol. The first-order chi connectivity index (χ1) is 26.9. The van der Waals surface area contributed by atoms with Crippen LogP contribution in [0.25, 0.3) is 0 Å². The third kappa shape index (κ3) is 9.31. The van der Waals surface area contributed by atoms with Gasteiger partial charge < -0.3 is 40.1 Å². The lowest BCUT2D eigenvalue weighted by Crippen LogP contribution is -2.62. The van der Waals surface area contributed by atoms with Crippen molar-refractivity contribution in [2.24, 2.45) is 5.92 Å². The lowest BCUT2D eigenvalue weighted by Gasteiger charge is -2.39. The van der Waals surface area contributed by atoms with E-state index in [-0.39, 0.29) is 37.8 Å². The molecule has 15 nitrogen and oxygen atoms in total. The van der Waals surface area contributed by atoms with E-state index in [0.29, 0.717) is 56.4 Å². The Balaban J connectivity index is 1.29. The van der Waals surface area contributed by atoms with Crippen LogP contribution in [0.3, 0.4) is 0 Å². The van der Waals surface area contributed by atoms with Crippen molar-refractivity contribution in [3.63, 3.8) is 0 Å². The van der Waals surface area contributed by atoms with E-state index in [9.17, 15) is 33.6 Å². The van der Waals surface area contributed by atoms with Crippen LogP contribution in [-0.4, -0.2) is 126 Å². The van der Waals surface area contributed by atoms with Crippen molar-refractivity contribution >= 4 is 41.4 Å². The van der Waals surface area contributed by atoms with Gasteiger partial charge >= 0.3 is 5.97 Å². The van der Waals surface area contributed by atoms with Crippen LogP contribution in [0, 0.1) is 5.92 Å². The second kappa shape index (κ2) is 18.0. The number of methoxy groups -OCH3 is 1. The molecule has 0 aliphatic carbocycles. The number of carbonyl (C=O) groups excluding carboxylic acids is 7. The molecule has 7 atom stereocenters. The molecule has 4 aliphatic heterocycles. The molecular formula is C41H52N6O9. The van der Waals surface area contributed by atoms with Gasteiger partial charge in [0.15, 0.2) is 0 Å². The smallest absolute Gasteiger partial charge is 0.328 e. The minimum Gasteiger partial charge on any atom is -0.497 e. The molecule has 0 aromatic heterocycles. The maximum atomic E-state index is 14.5. The summed E-state index contributed by atoms with van der Waals surface area (Å²) in [6.07, 6.45) is 3.03. The highest BCUT2D eigenvalue weighted by atomic mass is 16.5. The first-order valence-corrected chi connectivity index (χ1v) is 19.6. The molecule has 2 aromatic rings. The largest absolute Gasteiger partial charge is 0.497 e. The second-order valence-corrected chi connectivity index (χ2v) is 15.3. The Kier molecular flexibility index (Phi) is 12.9. The number of benzene rings is 2. The number of hydrogen-bond donors (Lipinski definition) is 3. The number of cyclic esters (lactones) is 1. The highest BCUT2D eigenvalue weighted by Crippen LogP contribution is 2.28. The number of amides is 6. The van der Waals surface area contributed by atoms with E-state index in [1.807, 2.05) is 37.3 Å². The molecule has 4 heterocycles. The van der Waals surface area contributed by atoms with Gasteiger partial charge in [-0.05, 0) is 74.6 Å². The zero-order valence-electron chi connectivity index (χ0n) is 32.2. The molecule has 6 rings (SSSR count). The van der Waals surface area contributed by atoms with Crippen molar-refractivity contribution in [3.05, 3.63) is 65.7 Å². The minimum atomic E-state index is -1.42. The standard InChI is InChI=1S/C41H52N6O9/c1-25-20-34-41(54)56-24-31(44-36(49)30(21-27-10-5-4-6-11-27)43-35(48)22-28-14-16-29(55-3)17-15-28)39(52)46-19-9-13-33(46)40(53)45-18-8-7-12-32(45)37(50)42-26(2)38(51)47(34)23-25/h4-6,10-11,14-17,25-26,30-34H,7-9,12-13,18-24H2,1-3H3,(H,42,50)(H,43,48)(H,44,49)/t25-,26+,30+,31+,32+,33+,34+/m1/s1. The van der Waals surface area contributed by atoms with Crippen molar-refractivity contribution < 1.29 is 43.0 Å². The number of piperidine rings is 1. The number of nitrogens with one attached hydrogen (secondary N) is 3. The van der Waals surface area contributed by atoms with Crippen LogP contribution in [0.15, 0.2) is 54.6 Å². The fraction of sp³-hybridized carbons (Fsp3) is 0.537. The van der Waals surface area contributed by atoms with Crippen LogP contribution >= 0.6 is 0 Å². The fourth-order valence-electron chi connectivity index (χ4n) is 8.22. The van der Waals surface area contributed by atoms with Crippen LogP contribution in [0.2, 0.25) is 0 Å². The first kappa shape index (κ1) is 40.2. The van der Waals surface area contributed by atoms with Crippen molar-refractivity contribution in [2.75, 3.05) is 33.4 Å². The monoisotopic (exact) mass is 772 g/mol. The molecule has 0 spiro atoms. The second-order valence-electron chi connectivity index (χ2n) is 15.3. The molecule has 6 amide bonds. The van der Waals surface area contributed by atoms with E-state index >= 15 is 0 Å². The topological polar surface area (TPSA) is 184 Å². The number of fused-ring (bicyclic) bond motifs is 3. The molecule has 4 saturated heterocycles. The lowest BCUT2D eigenvalue weighted by atomic mass is 9.99. The summed E-state index contributed by atoms with van der Waals surface area (Å²) in [5.74, 6) is -3.20. The molecule has 4 fully saturated rings. The molecule has 0 bridgehead atoms. The Labute approximate surface area is 326 Å². The maximum absolute atomic E-state index is 14.5. The summed E-state index contributed by atoms with van der Waals surface area (Å²) in [4.78, 5) is 102. The number of hydrogen-bond acceptors (Lipinski definition) is 9. The van der Waals surface area contributed by atoms with Gasteiger partial charge in [-0.3, -0.25) is 28.8 Å². The lowest BCUT2D eigenvalue weighted by molar-refractivity contribution is -0.158. The Morgan fingerprint density at radius 3 is 2.25 bits per heavy atom. The Hall–Kier alpha value is -5.47. The van der Waals surface area contributed by atoms with E-state index in [1.165, 1.54) is 14.7 Å². The Morgan fingerprint density at radius 1 is 0.821 bits per heavy atom. The van der Waals surface area contributed by atoms with Gasteiger partial charge in [0.05, 0.1) is 13.5 Å². The van der Waals surface area contributed by atoms with Crippen LogP contribution in [0.4, 0.5) is 0 Å². The third-order valence-electron chi connectivity index (χ3n) is 11.2. The van der Waals surface area contributed by atoms with Gasteiger partial charge in [0.2, 0.25) is 35.4 Å². The van der Waals surface area contributed by atoms with Crippen LogP contribution in [0.1, 0.15) is 63.5 Å². The molecule has 0 radical (unpaired) electrons. The minimum absolute atomic E-state index is 0.0245. The van der Waals surface area contributed by atoms with Crippen molar-refractivity contribution in [3.8, 4) is 5.75 Å². The van der Waals surface area contributed by atoms with Crippen LogP contribution in [0.5, 0.6) is 5.75 Å². The normalized spacial score (nSPS) is 26.7. The van der Waals surface area contributed by atoms with E-state index in [0.717, 1.165) is 5.56 Å². The zero-order chi connectivity index (χ0) is 39.9. The molecule has 3 N–H and O–H groups in total. The average molecular weight is 773 g/mol. The maximum Gasteiger partial charge on any atom is 0.328 e. The third-order valence-corrected chi connectivity index (χ3v) is 11.2. The van der Waals surface area contributed by atoms with E-state index < -0.39 is 78.4 Å². The summed E-state index contributed by atoms with van der Waals surface area (Å²) in [6.45, 7) is 3.70. The highest BCUT2D eigenvalue weighted by Gasteiger charge is 2.46. The quantitative estimate of drug-likeness (QED) is 0.331. The van der Waals surface area contributed by atoms with Crippen LogP contribution < -0.4 is 20.7 Å². The predicted molar refractivity (Wildman–Crippen MR) is 203 cm³/mol. The average Bonchev–Trinajstić information content (AvgIpc) is 3.86. The Bertz CT molecular complexity index is 1790. The van der Waals surface area contributed by atoms with Gasteiger partial charge in [0, 0.05) is 26.1 Å². The summed E-state index contributed by atoms with van der Waals surface area (Å²) in [5, 5.41) is 8.38. The van der Waals surface area contributed by atoms with Gasteiger partial charge in [-0.15, -0.1) is 0 Å². The van der Waals surface area contributed by atoms with Crippen LogP contribution in [-0.2, 0) is 51.1 Å². The molecule has 56 heavy (non-hydrogen) atoms. The zero-order valence-corrected chi connectivity index (χ0v) is 32.2. The number of ether oxygens (including phenoxy) is 2. The summed E-state index contributed by atoms with van der Waals surface area (Å²) < 4.78 is 11.0. The Morgan fingerprint density at radius 2 is 1.52 bits per heavy atom. The van der Waals surface area contributed by atoms with Crippen molar-refractivity contribution in [1.29, 1.82) is 0 Å². The van der Waals surface area contributed by atoms with E-state index in [2.05, 4.69) is 16.0 Å². The molecule has 2 aromatic carbocycles.